The van der Waals surface area contributed by atoms with Gasteiger partial charge in [0.25, 0.3) is 5.91 Å². The van der Waals surface area contributed by atoms with Crippen LogP contribution in [0.3, 0.4) is 0 Å². The summed E-state index contributed by atoms with van der Waals surface area (Å²) in [5.74, 6) is 0.0777. The maximum absolute atomic E-state index is 13.0. The third-order valence-electron chi connectivity index (χ3n) is 5.07. The van der Waals surface area contributed by atoms with Crippen LogP contribution >= 0.6 is 46.1 Å². The van der Waals surface area contributed by atoms with E-state index in [4.69, 9.17) is 39.2 Å². The van der Waals surface area contributed by atoms with Crippen LogP contribution in [0, 0.1) is 13.8 Å². The van der Waals surface area contributed by atoms with E-state index in [-0.39, 0.29) is 5.91 Å². The van der Waals surface area contributed by atoms with Gasteiger partial charge >= 0.3 is 0 Å². The number of fused-ring (bicyclic) bond motifs is 2. The second kappa shape index (κ2) is 8.09. The molecular weight excluding hydrogens is 487 g/mol. The number of hydrogen-bond acceptors (Lipinski definition) is 4. The van der Waals surface area contributed by atoms with Crippen LogP contribution in [0.15, 0.2) is 52.9 Å². The highest BCUT2D eigenvalue weighted by molar-refractivity contribution is 7.21. The standard InChI is InChI=1S/C24H15Cl3N2O2S/c1-11-7-12(2)21-18(8-11)29-24(31-21)16-10-14(4-6-17(16)26)28-23(30)22-20(27)15-5-3-13(25)9-19(15)32-22/h3-10H,1-2H3,(H,28,30). The van der Waals surface area contributed by atoms with Crippen molar-refractivity contribution in [2.75, 3.05) is 5.32 Å². The maximum Gasteiger partial charge on any atom is 0.267 e. The number of carbonyl (C=O) groups excluding carboxylic acids is 1. The number of nitrogens with zero attached hydrogens (tertiary/aromatic N) is 1. The second-order valence-corrected chi connectivity index (χ2v) is 9.76. The van der Waals surface area contributed by atoms with Crippen molar-refractivity contribution in [1.82, 2.24) is 4.98 Å². The number of rotatable bonds is 3. The molecule has 0 unspecified atom stereocenters. The molecule has 4 nitrogen and oxygen atoms in total. The van der Waals surface area contributed by atoms with E-state index in [1.54, 1.807) is 30.3 Å². The van der Waals surface area contributed by atoms with E-state index >= 15 is 0 Å². The van der Waals surface area contributed by atoms with Gasteiger partial charge in [-0.3, -0.25) is 4.79 Å². The Morgan fingerprint density at radius 1 is 1.03 bits per heavy atom. The summed E-state index contributed by atoms with van der Waals surface area (Å²) in [6.45, 7) is 3.99. The van der Waals surface area contributed by atoms with Gasteiger partial charge in [-0.05, 0) is 61.4 Å². The van der Waals surface area contributed by atoms with Crippen LogP contribution in [0.2, 0.25) is 15.1 Å². The van der Waals surface area contributed by atoms with Gasteiger partial charge in [0.2, 0.25) is 5.89 Å². The number of amides is 1. The third-order valence-corrected chi connectivity index (χ3v) is 7.29. The van der Waals surface area contributed by atoms with Crippen molar-refractivity contribution in [3.63, 3.8) is 0 Å². The highest BCUT2D eigenvalue weighted by atomic mass is 35.5. The fourth-order valence-corrected chi connectivity index (χ4v) is 5.52. The number of halogens is 3. The largest absolute Gasteiger partial charge is 0.436 e. The minimum absolute atomic E-state index is 0.315. The lowest BCUT2D eigenvalue weighted by atomic mass is 10.1. The summed E-state index contributed by atoms with van der Waals surface area (Å²) in [7, 11) is 0. The van der Waals surface area contributed by atoms with Crippen molar-refractivity contribution in [2.45, 2.75) is 13.8 Å². The quantitative estimate of drug-likeness (QED) is 0.269. The van der Waals surface area contributed by atoms with Gasteiger partial charge in [-0.1, -0.05) is 46.9 Å². The van der Waals surface area contributed by atoms with Crippen molar-refractivity contribution in [2.24, 2.45) is 0 Å². The Hall–Kier alpha value is -2.57. The van der Waals surface area contributed by atoms with Crippen LogP contribution in [0.1, 0.15) is 20.8 Å². The second-order valence-electron chi connectivity index (χ2n) is 7.48. The first-order chi connectivity index (χ1) is 15.3. The van der Waals surface area contributed by atoms with Gasteiger partial charge in [0.15, 0.2) is 5.58 Å². The molecule has 1 N–H and O–H groups in total. The Morgan fingerprint density at radius 2 is 1.84 bits per heavy atom. The van der Waals surface area contributed by atoms with Gasteiger partial charge in [0.05, 0.1) is 15.6 Å². The minimum atomic E-state index is -0.315. The van der Waals surface area contributed by atoms with Crippen molar-refractivity contribution >= 4 is 78.9 Å². The number of carbonyl (C=O) groups is 1. The summed E-state index contributed by atoms with van der Waals surface area (Å²) in [6.07, 6.45) is 0. The highest BCUT2D eigenvalue weighted by Crippen LogP contribution is 2.38. The fourth-order valence-electron chi connectivity index (χ4n) is 3.63. The number of thiophene rings is 1. The number of oxazole rings is 1. The molecule has 3 aromatic carbocycles. The Labute approximate surface area is 202 Å². The van der Waals surface area contributed by atoms with Crippen molar-refractivity contribution in [3.05, 3.63) is 79.6 Å². The zero-order valence-corrected chi connectivity index (χ0v) is 20.0. The number of nitrogens with one attached hydrogen (secondary N) is 1. The van der Waals surface area contributed by atoms with E-state index in [1.807, 2.05) is 32.0 Å². The first-order valence-electron chi connectivity index (χ1n) is 9.67. The van der Waals surface area contributed by atoms with Gasteiger partial charge < -0.3 is 9.73 Å². The van der Waals surface area contributed by atoms with E-state index in [2.05, 4.69) is 10.3 Å². The van der Waals surface area contributed by atoms with E-state index in [9.17, 15) is 4.79 Å². The maximum atomic E-state index is 13.0. The molecular formula is C24H15Cl3N2O2S. The molecule has 2 heterocycles. The van der Waals surface area contributed by atoms with Gasteiger partial charge in [0.1, 0.15) is 10.4 Å². The normalized spacial score (nSPS) is 11.4. The summed E-state index contributed by atoms with van der Waals surface area (Å²) < 4.78 is 6.84. The van der Waals surface area contributed by atoms with Gasteiger partial charge in [0, 0.05) is 20.8 Å². The van der Waals surface area contributed by atoms with Gasteiger partial charge in [-0.2, -0.15) is 0 Å². The van der Waals surface area contributed by atoms with E-state index in [0.717, 1.165) is 26.7 Å². The van der Waals surface area contributed by atoms with E-state index in [1.165, 1.54) is 11.3 Å². The predicted octanol–water partition coefficient (Wildman–Crippen LogP) is 8.54. The molecule has 5 rings (SSSR count). The molecule has 0 spiro atoms. The molecule has 0 bridgehead atoms. The number of aromatic nitrogens is 1. The van der Waals surface area contributed by atoms with Crippen LogP contribution < -0.4 is 5.32 Å². The Balaban J connectivity index is 1.50. The zero-order valence-electron chi connectivity index (χ0n) is 16.9. The van der Waals surface area contributed by atoms with Crippen molar-refractivity contribution < 1.29 is 9.21 Å². The summed E-state index contributed by atoms with van der Waals surface area (Å²) in [4.78, 5) is 18.0. The summed E-state index contributed by atoms with van der Waals surface area (Å²) in [6, 6.07) is 14.5. The molecule has 0 fully saturated rings. The SMILES string of the molecule is Cc1cc(C)c2oc(-c3cc(NC(=O)c4sc5cc(Cl)ccc5c4Cl)ccc3Cl)nc2c1. The zero-order chi connectivity index (χ0) is 22.6. The van der Waals surface area contributed by atoms with Gasteiger partial charge in [-0.25, -0.2) is 4.98 Å². The molecule has 32 heavy (non-hydrogen) atoms. The molecule has 1 amide bonds. The lowest BCUT2D eigenvalue weighted by Crippen LogP contribution is -2.10. The fraction of sp³-hybridized carbons (Fsp3) is 0.0833. The lowest BCUT2D eigenvalue weighted by Gasteiger charge is -2.07. The topological polar surface area (TPSA) is 55.1 Å². The first-order valence-corrected chi connectivity index (χ1v) is 11.6. The Bertz CT molecular complexity index is 1540. The average Bonchev–Trinajstić information content (AvgIpc) is 3.30. The lowest BCUT2D eigenvalue weighted by molar-refractivity contribution is 0.103. The summed E-state index contributed by atoms with van der Waals surface area (Å²) in [5, 5.41) is 5.15. The third kappa shape index (κ3) is 3.76. The molecule has 0 radical (unpaired) electrons. The molecule has 2 aromatic heterocycles. The molecule has 0 saturated heterocycles. The van der Waals surface area contributed by atoms with Gasteiger partial charge in [-0.15, -0.1) is 11.3 Å². The number of benzene rings is 3. The Morgan fingerprint density at radius 3 is 2.66 bits per heavy atom. The van der Waals surface area contributed by atoms with Crippen LogP contribution in [-0.2, 0) is 0 Å². The first kappa shape index (κ1) is 21.3. The predicted molar refractivity (Wildman–Crippen MR) is 134 cm³/mol. The van der Waals surface area contributed by atoms with Crippen LogP contribution in [0.25, 0.3) is 32.6 Å². The van der Waals surface area contributed by atoms with E-state index in [0.29, 0.717) is 42.7 Å². The average molecular weight is 502 g/mol. The molecule has 8 heteroatoms. The van der Waals surface area contributed by atoms with Crippen molar-refractivity contribution in [1.29, 1.82) is 0 Å². The van der Waals surface area contributed by atoms with Crippen LogP contribution in [0.4, 0.5) is 5.69 Å². The highest BCUT2D eigenvalue weighted by Gasteiger charge is 2.19. The number of aryl methyl sites for hydroxylation is 2. The molecule has 0 saturated carbocycles. The summed E-state index contributed by atoms with van der Waals surface area (Å²) in [5.41, 5.74) is 4.72. The number of anilines is 1. The Kier molecular flexibility index (Phi) is 5.38. The van der Waals surface area contributed by atoms with Crippen LogP contribution in [0.5, 0.6) is 0 Å². The summed E-state index contributed by atoms with van der Waals surface area (Å²) >= 11 is 20.2. The van der Waals surface area contributed by atoms with Crippen LogP contribution in [-0.4, -0.2) is 10.9 Å². The molecule has 0 aliphatic rings. The monoisotopic (exact) mass is 500 g/mol. The number of hydrogen-bond donors (Lipinski definition) is 1. The molecule has 0 aliphatic carbocycles. The smallest absolute Gasteiger partial charge is 0.267 e. The molecule has 0 atom stereocenters. The minimum Gasteiger partial charge on any atom is -0.436 e. The molecule has 5 aromatic rings. The molecule has 0 aliphatic heterocycles. The molecule has 160 valence electrons. The van der Waals surface area contributed by atoms with Crippen molar-refractivity contribution in [3.8, 4) is 11.5 Å². The van der Waals surface area contributed by atoms with E-state index < -0.39 is 0 Å².